The van der Waals surface area contributed by atoms with Gasteiger partial charge in [-0.3, -0.25) is 0 Å². The lowest BCUT2D eigenvalue weighted by atomic mass is 10.1. The van der Waals surface area contributed by atoms with Crippen molar-refractivity contribution in [3.8, 4) is 0 Å². The van der Waals surface area contributed by atoms with E-state index < -0.39 is 0 Å². The number of nitrogens with zero attached hydrogens (tertiary/aromatic N) is 8. The topological polar surface area (TPSA) is 87.2 Å². The van der Waals surface area contributed by atoms with E-state index in [1.54, 1.807) is 22.0 Å². The average molecular weight is 242 g/mol. The summed E-state index contributed by atoms with van der Waals surface area (Å²) in [7, 11) is 0. The van der Waals surface area contributed by atoms with Gasteiger partial charge in [0.15, 0.2) is 0 Å². The first-order chi connectivity index (χ1) is 8.90. The number of rotatable bonds is 4. The molecule has 3 aromatic rings. The molecule has 90 valence electrons. The normalized spacial score (nSPS) is 10.7. The van der Waals surface area contributed by atoms with E-state index in [1.165, 1.54) is 0 Å². The highest BCUT2D eigenvalue weighted by Crippen LogP contribution is 2.07. The van der Waals surface area contributed by atoms with Crippen molar-refractivity contribution < 1.29 is 0 Å². The predicted octanol–water partition coefficient (Wildman–Crippen LogP) is -0.244. The van der Waals surface area contributed by atoms with Crippen LogP contribution in [-0.2, 0) is 13.1 Å². The highest BCUT2D eigenvalue weighted by atomic mass is 15.5. The van der Waals surface area contributed by atoms with Crippen LogP contribution in [0.3, 0.4) is 0 Å². The molecule has 0 radical (unpaired) electrons. The summed E-state index contributed by atoms with van der Waals surface area (Å²) in [5.41, 5.74) is 2.26. The van der Waals surface area contributed by atoms with Gasteiger partial charge in [0.05, 0.1) is 13.1 Å². The van der Waals surface area contributed by atoms with Crippen LogP contribution in [0.25, 0.3) is 0 Å². The van der Waals surface area contributed by atoms with E-state index in [9.17, 15) is 0 Å². The first-order valence-corrected chi connectivity index (χ1v) is 5.39. The van der Waals surface area contributed by atoms with Gasteiger partial charge in [0.2, 0.25) is 0 Å². The summed E-state index contributed by atoms with van der Waals surface area (Å²) in [6, 6.07) is 8.15. The molecule has 0 saturated heterocycles. The Hall–Kier alpha value is -2.64. The Labute approximate surface area is 102 Å². The van der Waals surface area contributed by atoms with Crippen molar-refractivity contribution in [2.45, 2.75) is 13.1 Å². The van der Waals surface area contributed by atoms with Crippen LogP contribution in [0.5, 0.6) is 0 Å². The summed E-state index contributed by atoms with van der Waals surface area (Å²) in [6.07, 6.45) is 3.18. The maximum Gasteiger partial charge on any atom is 0.138 e. The molecule has 0 unspecified atom stereocenters. The minimum Gasteiger partial charge on any atom is -0.228 e. The zero-order valence-electron chi connectivity index (χ0n) is 9.46. The number of hydrogen-bond donors (Lipinski definition) is 0. The second-order valence-electron chi connectivity index (χ2n) is 3.83. The number of benzene rings is 1. The lowest BCUT2D eigenvalue weighted by Crippen LogP contribution is -2.04. The Balaban J connectivity index is 1.76. The highest BCUT2D eigenvalue weighted by Gasteiger charge is 2.00. The molecule has 8 heteroatoms. The van der Waals surface area contributed by atoms with Crippen LogP contribution in [0, 0.1) is 0 Å². The van der Waals surface area contributed by atoms with Crippen molar-refractivity contribution in [1.82, 2.24) is 40.4 Å². The molecule has 0 aliphatic heterocycles. The monoisotopic (exact) mass is 242 g/mol. The smallest absolute Gasteiger partial charge is 0.138 e. The van der Waals surface area contributed by atoms with Gasteiger partial charge in [-0.15, -0.1) is 10.2 Å². The van der Waals surface area contributed by atoms with Gasteiger partial charge in [-0.2, -0.15) is 0 Å². The molecule has 3 rings (SSSR count). The molecular formula is C10H10N8. The quantitative estimate of drug-likeness (QED) is 0.627. The van der Waals surface area contributed by atoms with Crippen LogP contribution in [-0.4, -0.2) is 40.4 Å². The Morgan fingerprint density at radius 1 is 0.833 bits per heavy atom. The summed E-state index contributed by atoms with van der Waals surface area (Å²) < 4.78 is 3.35. The molecule has 2 aromatic heterocycles. The van der Waals surface area contributed by atoms with Gasteiger partial charge in [-0.05, 0) is 32.0 Å². The van der Waals surface area contributed by atoms with Crippen molar-refractivity contribution in [3.63, 3.8) is 0 Å². The fourth-order valence-electron chi connectivity index (χ4n) is 1.71. The fourth-order valence-corrected chi connectivity index (χ4v) is 1.71. The Bertz CT molecular complexity index is 549. The number of tetrazole rings is 2. The lowest BCUT2D eigenvalue weighted by Gasteiger charge is -2.04. The van der Waals surface area contributed by atoms with Crippen molar-refractivity contribution in [3.05, 3.63) is 48.0 Å². The SMILES string of the molecule is c1cc(Cn2cnnn2)cc(Cn2cnnn2)c1. The van der Waals surface area contributed by atoms with Gasteiger partial charge in [0, 0.05) is 0 Å². The molecule has 0 aliphatic carbocycles. The molecule has 0 bridgehead atoms. The van der Waals surface area contributed by atoms with Gasteiger partial charge in [-0.1, -0.05) is 24.3 Å². The number of hydrogen-bond acceptors (Lipinski definition) is 6. The molecule has 0 aliphatic rings. The second-order valence-corrected chi connectivity index (χ2v) is 3.83. The first-order valence-electron chi connectivity index (χ1n) is 5.39. The summed E-state index contributed by atoms with van der Waals surface area (Å²) in [5, 5.41) is 22.1. The van der Waals surface area contributed by atoms with Gasteiger partial charge in [0.1, 0.15) is 12.7 Å². The molecule has 0 saturated carbocycles. The Morgan fingerprint density at radius 2 is 1.39 bits per heavy atom. The standard InChI is InChI=1S/C10H10N8/c1-2-9(5-17-7-11-13-15-17)4-10(3-1)6-18-8-12-14-16-18/h1-4,7-8H,5-6H2. The zero-order valence-corrected chi connectivity index (χ0v) is 9.46. The molecule has 0 atom stereocenters. The van der Waals surface area contributed by atoms with E-state index >= 15 is 0 Å². The third-order valence-electron chi connectivity index (χ3n) is 2.46. The maximum absolute atomic E-state index is 3.83. The van der Waals surface area contributed by atoms with Crippen LogP contribution in [0.15, 0.2) is 36.9 Å². The zero-order chi connectivity index (χ0) is 12.2. The summed E-state index contributed by atoms with van der Waals surface area (Å²) in [5.74, 6) is 0. The highest BCUT2D eigenvalue weighted by molar-refractivity contribution is 5.23. The van der Waals surface area contributed by atoms with Crippen molar-refractivity contribution >= 4 is 0 Å². The molecule has 8 nitrogen and oxygen atoms in total. The van der Waals surface area contributed by atoms with Crippen molar-refractivity contribution in [2.75, 3.05) is 0 Å². The Morgan fingerprint density at radius 3 is 1.83 bits per heavy atom. The molecule has 0 amide bonds. The van der Waals surface area contributed by atoms with Crippen LogP contribution in [0.1, 0.15) is 11.1 Å². The van der Waals surface area contributed by atoms with Crippen LogP contribution in [0.2, 0.25) is 0 Å². The molecule has 0 spiro atoms. The molecule has 1 aromatic carbocycles. The van der Waals surface area contributed by atoms with Gasteiger partial charge < -0.3 is 0 Å². The second kappa shape index (κ2) is 4.70. The maximum atomic E-state index is 3.83. The van der Waals surface area contributed by atoms with Crippen molar-refractivity contribution in [2.24, 2.45) is 0 Å². The molecule has 2 heterocycles. The average Bonchev–Trinajstić information content (AvgIpc) is 3.03. The van der Waals surface area contributed by atoms with Crippen LogP contribution < -0.4 is 0 Å². The van der Waals surface area contributed by atoms with Gasteiger partial charge >= 0.3 is 0 Å². The van der Waals surface area contributed by atoms with E-state index in [4.69, 9.17) is 0 Å². The molecular weight excluding hydrogens is 232 g/mol. The minimum atomic E-state index is 0.649. The van der Waals surface area contributed by atoms with Gasteiger partial charge in [-0.25, -0.2) is 9.36 Å². The first kappa shape index (κ1) is 10.5. The molecule has 0 fully saturated rings. The third-order valence-corrected chi connectivity index (χ3v) is 2.46. The molecule has 0 N–H and O–H groups in total. The van der Waals surface area contributed by atoms with E-state index in [0.29, 0.717) is 13.1 Å². The summed E-state index contributed by atoms with van der Waals surface area (Å²) in [4.78, 5) is 0. The minimum absolute atomic E-state index is 0.649. The fraction of sp³-hybridized carbons (Fsp3) is 0.200. The van der Waals surface area contributed by atoms with E-state index in [0.717, 1.165) is 11.1 Å². The van der Waals surface area contributed by atoms with E-state index in [1.807, 2.05) is 18.2 Å². The summed E-state index contributed by atoms with van der Waals surface area (Å²) >= 11 is 0. The Kier molecular flexibility index (Phi) is 2.74. The lowest BCUT2D eigenvalue weighted by molar-refractivity contribution is 0.638. The molecule has 18 heavy (non-hydrogen) atoms. The van der Waals surface area contributed by atoms with Crippen LogP contribution in [0.4, 0.5) is 0 Å². The summed E-state index contributed by atoms with van der Waals surface area (Å²) in [6.45, 7) is 1.30. The van der Waals surface area contributed by atoms with Crippen LogP contribution >= 0.6 is 0 Å². The van der Waals surface area contributed by atoms with Gasteiger partial charge in [0.25, 0.3) is 0 Å². The van der Waals surface area contributed by atoms with E-state index in [-0.39, 0.29) is 0 Å². The van der Waals surface area contributed by atoms with Crippen molar-refractivity contribution in [1.29, 1.82) is 0 Å². The largest absolute Gasteiger partial charge is 0.228 e. The third kappa shape index (κ3) is 2.37. The predicted molar refractivity (Wildman–Crippen MR) is 60.3 cm³/mol. The number of aromatic nitrogens is 8. The van der Waals surface area contributed by atoms with E-state index in [2.05, 4.69) is 37.1 Å².